The van der Waals surface area contributed by atoms with E-state index in [9.17, 15) is 9.18 Å². The summed E-state index contributed by atoms with van der Waals surface area (Å²) in [6.07, 6.45) is 2.57. The maximum absolute atomic E-state index is 13.1. The van der Waals surface area contributed by atoms with E-state index >= 15 is 0 Å². The fourth-order valence-corrected chi connectivity index (χ4v) is 3.12. The van der Waals surface area contributed by atoms with E-state index in [0.717, 1.165) is 23.3 Å². The number of hydrogen-bond acceptors (Lipinski definition) is 2. The molecule has 1 amide bonds. The number of carbonyl (C=O) groups is 1. The lowest BCUT2D eigenvalue weighted by molar-refractivity contribution is -0.132. The van der Waals surface area contributed by atoms with E-state index in [0.29, 0.717) is 13.1 Å². The third kappa shape index (κ3) is 4.08. The first-order chi connectivity index (χ1) is 12.1. The van der Waals surface area contributed by atoms with Gasteiger partial charge in [-0.05, 0) is 47.7 Å². The fourth-order valence-electron chi connectivity index (χ4n) is 3.12. The minimum Gasteiger partial charge on any atom is -0.497 e. The molecule has 1 saturated carbocycles. The Morgan fingerprint density at radius 1 is 1.24 bits per heavy atom. The van der Waals surface area contributed by atoms with Gasteiger partial charge in [-0.1, -0.05) is 30.3 Å². The van der Waals surface area contributed by atoms with Gasteiger partial charge in [0.1, 0.15) is 11.6 Å². The minimum absolute atomic E-state index is 0.0244. The summed E-state index contributed by atoms with van der Waals surface area (Å²) < 4.78 is 18.2. The van der Waals surface area contributed by atoms with Gasteiger partial charge in [-0.3, -0.25) is 4.79 Å². The third-order valence-corrected chi connectivity index (χ3v) is 4.60. The van der Waals surface area contributed by atoms with Gasteiger partial charge in [0, 0.05) is 19.0 Å². The number of carbonyl (C=O) groups excluding carboxylic acids is 1. The molecule has 3 nitrogen and oxygen atoms in total. The van der Waals surface area contributed by atoms with Gasteiger partial charge in [0.05, 0.1) is 7.11 Å². The molecule has 0 N–H and O–H groups in total. The Hall–Kier alpha value is -2.62. The van der Waals surface area contributed by atoms with Gasteiger partial charge in [0.2, 0.25) is 5.91 Å². The number of hydrogen-bond donors (Lipinski definition) is 0. The van der Waals surface area contributed by atoms with Crippen LogP contribution in [0.5, 0.6) is 5.75 Å². The highest BCUT2D eigenvalue weighted by molar-refractivity contribution is 5.83. The van der Waals surface area contributed by atoms with Crippen LogP contribution in [0.25, 0.3) is 0 Å². The van der Waals surface area contributed by atoms with E-state index < -0.39 is 0 Å². The molecule has 2 aromatic carbocycles. The smallest absolute Gasteiger partial charge is 0.226 e. The van der Waals surface area contributed by atoms with Crippen LogP contribution >= 0.6 is 0 Å². The Bertz CT molecular complexity index is 739. The van der Waals surface area contributed by atoms with Crippen LogP contribution in [0, 0.1) is 11.7 Å². The van der Waals surface area contributed by atoms with Gasteiger partial charge in [-0.15, -0.1) is 6.58 Å². The van der Waals surface area contributed by atoms with Crippen molar-refractivity contribution in [2.24, 2.45) is 5.92 Å². The van der Waals surface area contributed by atoms with E-state index in [4.69, 9.17) is 4.74 Å². The summed E-state index contributed by atoms with van der Waals surface area (Å²) in [6, 6.07) is 14.2. The van der Waals surface area contributed by atoms with Crippen molar-refractivity contribution in [3.8, 4) is 5.75 Å². The summed E-state index contributed by atoms with van der Waals surface area (Å²) in [5.74, 6) is 0.842. The first-order valence-electron chi connectivity index (χ1n) is 8.40. The average Bonchev–Trinajstić information content (AvgIpc) is 3.43. The zero-order valence-electron chi connectivity index (χ0n) is 14.3. The number of ether oxygens (including phenoxy) is 1. The van der Waals surface area contributed by atoms with Crippen molar-refractivity contribution >= 4 is 5.91 Å². The van der Waals surface area contributed by atoms with Crippen LogP contribution in [0.3, 0.4) is 0 Å². The van der Waals surface area contributed by atoms with E-state index in [1.165, 1.54) is 12.1 Å². The molecule has 0 aliphatic heterocycles. The van der Waals surface area contributed by atoms with Crippen LogP contribution < -0.4 is 4.74 Å². The molecule has 0 saturated heterocycles. The Morgan fingerprint density at radius 3 is 2.52 bits per heavy atom. The molecule has 0 heterocycles. The Morgan fingerprint density at radius 2 is 1.92 bits per heavy atom. The lowest BCUT2D eigenvalue weighted by atomic mass is 10.1. The first kappa shape index (κ1) is 17.2. The van der Waals surface area contributed by atoms with Gasteiger partial charge in [0.15, 0.2) is 0 Å². The highest BCUT2D eigenvalue weighted by atomic mass is 19.1. The minimum atomic E-state index is -0.250. The number of methoxy groups -OCH3 is 1. The zero-order valence-corrected chi connectivity index (χ0v) is 14.3. The lowest BCUT2D eigenvalue weighted by Crippen LogP contribution is -2.32. The van der Waals surface area contributed by atoms with Crippen molar-refractivity contribution in [3.63, 3.8) is 0 Å². The van der Waals surface area contributed by atoms with Gasteiger partial charge in [0.25, 0.3) is 0 Å². The van der Waals surface area contributed by atoms with E-state index in [1.807, 2.05) is 29.2 Å². The maximum Gasteiger partial charge on any atom is 0.226 e. The summed E-state index contributed by atoms with van der Waals surface area (Å²) in [6.45, 7) is 4.82. The molecule has 130 valence electrons. The van der Waals surface area contributed by atoms with Crippen molar-refractivity contribution in [1.29, 1.82) is 0 Å². The predicted octanol–water partition coefficient (Wildman–Crippen LogP) is 4.15. The number of nitrogens with zero attached hydrogens (tertiary/aromatic N) is 1. The van der Waals surface area contributed by atoms with Gasteiger partial charge < -0.3 is 9.64 Å². The summed E-state index contributed by atoms with van der Waals surface area (Å²) >= 11 is 0. The van der Waals surface area contributed by atoms with Crippen LogP contribution in [-0.2, 0) is 11.3 Å². The topological polar surface area (TPSA) is 29.5 Å². The SMILES string of the molecule is C=CCN(Cc1ccc(OC)cc1)C(=O)C1CC1c1ccc(F)cc1. The molecule has 0 radical (unpaired) electrons. The second-order valence-corrected chi connectivity index (χ2v) is 6.36. The molecule has 2 unspecified atom stereocenters. The molecule has 3 rings (SSSR count). The third-order valence-electron chi connectivity index (χ3n) is 4.60. The second-order valence-electron chi connectivity index (χ2n) is 6.36. The molecular formula is C21H22FNO2. The Kier molecular flexibility index (Phi) is 5.17. The van der Waals surface area contributed by atoms with E-state index in [2.05, 4.69) is 6.58 Å². The highest BCUT2D eigenvalue weighted by Crippen LogP contribution is 2.48. The van der Waals surface area contributed by atoms with Crippen molar-refractivity contribution in [2.75, 3.05) is 13.7 Å². The van der Waals surface area contributed by atoms with Gasteiger partial charge in [-0.25, -0.2) is 4.39 Å². The van der Waals surface area contributed by atoms with Crippen LogP contribution in [0.4, 0.5) is 4.39 Å². The molecule has 1 fully saturated rings. The molecule has 25 heavy (non-hydrogen) atoms. The standard InChI is InChI=1S/C21H22FNO2/c1-3-12-23(14-15-4-10-18(25-2)11-5-15)21(24)20-13-19(20)16-6-8-17(22)9-7-16/h3-11,19-20H,1,12-14H2,2H3. The lowest BCUT2D eigenvalue weighted by Gasteiger charge is -2.21. The molecule has 0 aromatic heterocycles. The molecular weight excluding hydrogens is 317 g/mol. The number of rotatable bonds is 7. The largest absolute Gasteiger partial charge is 0.497 e. The average molecular weight is 339 g/mol. The molecule has 4 heteroatoms. The van der Waals surface area contributed by atoms with Crippen LogP contribution in [0.2, 0.25) is 0 Å². The molecule has 1 aliphatic rings. The summed E-state index contributed by atoms with van der Waals surface area (Å²) in [4.78, 5) is 14.7. The second kappa shape index (κ2) is 7.51. The van der Waals surface area contributed by atoms with Crippen LogP contribution in [-0.4, -0.2) is 24.5 Å². The molecule has 2 aromatic rings. The quantitative estimate of drug-likeness (QED) is 0.709. The molecule has 1 aliphatic carbocycles. The number of amides is 1. The van der Waals surface area contributed by atoms with Crippen LogP contribution in [0.1, 0.15) is 23.5 Å². The van der Waals surface area contributed by atoms with Crippen molar-refractivity contribution in [2.45, 2.75) is 18.9 Å². The monoisotopic (exact) mass is 339 g/mol. The van der Waals surface area contributed by atoms with E-state index in [-0.39, 0.29) is 23.6 Å². The summed E-state index contributed by atoms with van der Waals surface area (Å²) in [5.41, 5.74) is 2.08. The predicted molar refractivity (Wildman–Crippen MR) is 95.9 cm³/mol. The molecule has 0 spiro atoms. The van der Waals surface area contributed by atoms with Crippen LogP contribution in [0.15, 0.2) is 61.2 Å². The number of benzene rings is 2. The maximum atomic E-state index is 13.1. The molecule has 0 bridgehead atoms. The zero-order chi connectivity index (χ0) is 17.8. The van der Waals surface area contributed by atoms with Crippen molar-refractivity contribution < 1.29 is 13.9 Å². The van der Waals surface area contributed by atoms with Crippen molar-refractivity contribution in [1.82, 2.24) is 4.90 Å². The summed E-state index contributed by atoms with van der Waals surface area (Å²) in [5, 5.41) is 0. The Balaban J connectivity index is 1.66. The highest BCUT2D eigenvalue weighted by Gasteiger charge is 2.45. The first-order valence-corrected chi connectivity index (χ1v) is 8.40. The van der Waals surface area contributed by atoms with Crippen molar-refractivity contribution in [3.05, 3.63) is 78.1 Å². The number of halogens is 1. The normalized spacial score (nSPS) is 18.5. The van der Waals surface area contributed by atoms with E-state index in [1.54, 1.807) is 25.3 Å². The molecule has 2 atom stereocenters. The van der Waals surface area contributed by atoms with Gasteiger partial charge >= 0.3 is 0 Å². The Labute approximate surface area is 147 Å². The summed E-state index contributed by atoms with van der Waals surface area (Å²) in [7, 11) is 1.63. The van der Waals surface area contributed by atoms with Gasteiger partial charge in [-0.2, -0.15) is 0 Å². The fraction of sp³-hybridized carbons (Fsp3) is 0.286.